The van der Waals surface area contributed by atoms with E-state index in [2.05, 4.69) is 5.32 Å². The van der Waals surface area contributed by atoms with Crippen LogP contribution in [0.4, 0.5) is 0 Å². The van der Waals surface area contributed by atoms with Crippen LogP contribution in [0.1, 0.15) is 29.8 Å². The molecule has 7 nitrogen and oxygen atoms in total. The molecule has 0 atom stereocenters. The van der Waals surface area contributed by atoms with E-state index in [1.807, 2.05) is 30.3 Å². The molecule has 8 heteroatoms. The standard InChI is InChI=1S/C21H26N2O5S/c1-3-23(4-2)29(26,27)19-12-8-11-18(15-19)21(25)28-16-20(24)22-14-13-17-9-6-5-7-10-17/h5-12,15H,3-4,13-14,16H2,1-2H3,(H,22,24). The van der Waals surface area contributed by atoms with Crippen molar-refractivity contribution in [3.63, 3.8) is 0 Å². The molecule has 0 aromatic heterocycles. The van der Waals surface area contributed by atoms with Gasteiger partial charge in [0.1, 0.15) is 0 Å². The van der Waals surface area contributed by atoms with Crippen LogP contribution in [0.2, 0.25) is 0 Å². The highest BCUT2D eigenvalue weighted by molar-refractivity contribution is 7.89. The van der Waals surface area contributed by atoms with E-state index in [1.165, 1.54) is 28.6 Å². The summed E-state index contributed by atoms with van der Waals surface area (Å²) < 4.78 is 31.5. The maximum atomic E-state index is 12.6. The summed E-state index contributed by atoms with van der Waals surface area (Å²) in [6, 6.07) is 15.3. The third-order valence-electron chi connectivity index (χ3n) is 4.33. The normalized spacial score (nSPS) is 11.3. The fraction of sp³-hybridized carbons (Fsp3) is 0.333. The van der Waals surface area contributed by atoms with Crippen molar-refractivity contribution < 1.29 is 22.7 Å². The lowest BCUT2D eigenvalue weighted by atomic mass is 10.1. The average Bonchev–Trinajstić information content (AvgIpc) is 2.73. The van der Waals surface area contributed by atoms with Gasteiger partial charge in [-0.05, 0) is 30.2 Å². The minimum Gasteiger partial charge on any atom is -0.452 e. The molecule has 1 amide bonds. The molecule has 1 N–H and O–H groups in total. The zero-order valence-electron chi connectivity index (χ0n) is 16.6. The molecule has 0 heterocycles. The van der Waals surface area contributed by atoms with E-state index < -0.39 is 28.5 Å². The number of nitrogens with zero attached hydrogens (tertiary/aromatic N) is 1. The zero-order valence-corrected chi connectivity index (χ0v) is 17.4. The summed E-state index contributed by atoms with van der Waals surface area (Å²) >= 11 is 0. The topological polar surface area (TPSA) is 92.8 Å². The zero-order chi connectivity index (χ0) is 21.3. The van der Waals surface area contributed by atoms with Crippen molar-refractivity contribution in [1.29, 1.82) is 0 Å². The van der Waals surface area contributed by atoms with Crippen LogP contribution < -0.4 is 5.32 Å². The van der Waals surface area contributed by atoms with Gasteiger partial charge in [0.15, 0.2) is 6.61 Å². The van der Waals surface area contributed by atoms with Gasteiger partial charge in [0, 0.05) is 19.6 Å². The Bertz CT molecular complexity index is 925. The second-order valence-electron chi connectivity index (χ2n) is 6.28. The quantitative estimate of drug-likeness (QED) is 0.598. The van der Waals surface area contributed by atoms with E-state index in [0.717, 1.165) is 5.56 Å². The molecule has 2 rings (SSSR count). The summed E-state index contributed by atoms with van der Waals surface area (Å²) in [6.07, 6.45) is 0.672. The highest BCUT2D eigenvalue weighted by Crippen LogP contribution is 2.17. The highest BCUT2D eigenvalue weighted by Gasteiger charge is 2.23. The summed E-state index contributed by atoms with van der Waals surface area (Å²) in [5, 5.41) is 2.69. The van der Waals surface area contributed by atoms with Gasteiger partial charge in [-0.3, -0.25) is 4.79 Å². The Morgan fingerprint density at radius 1 is 1.00 bits per heavy atom. The molecule has 156 valence electrons. The molecular weight excluding hydrogens is 392 g/mol. The first kappa shape index (κ1) is 22.6. The minimum atomic E-state index is -3.68. The number of carbonyl (C=O) groups excluding carboxylic acids is 2. The third kappa shape index (κ3) is 6.40. The fourth-order valence-corrected chi connectivity index (χ4v) is 4.26. The van der Waals surface area contributed by atoms with Crippen molar-refractivity contribution in [3.8, 4) is 0 Å². The Morgan fingerprint density at radius 3 is 2.34 bits per heavy atom. The Morgan fingerprint density at radius 2 is 1.69 bits per heavy atom. The van der Waals surface area contributed by atoms with Gasteiger partial charge in [0.2, 0.25) is 10.0 Å². The summed E-state index contributed by atoms with van der Waals surface area (Å²) in [5.74, 6) is -1.17. The van der Waals surface area contributed by atoms with Crippen LogP contribution in [0.25, 0.3) is 0 Å². The van der Waals surface area contributed by atoms with Crippen molar-refractivity contribution in [3.05, 3.63) is 65.7 Å². The van der Waals surface area contributed by atoms with Crippen molar-refractivity contribution >= 4 is 21.9 Å². The molecule has 0 spiro atoms. The van der Waals surface area contributed by atoms with E-state index in [1.54, 1.807) is 13.8 Å². The second kappa shape index (κ2) is 10.7. The minimum absolute atomic E-state index is 0.0166. The third-order valence-corrected chi connectivity index (χ3v) is 6.37. The predicted molar refractivity (Wildman–Crippen MR) is 110 cm³/mol. The number of hydrogen-bond acceptors (Lipinski definition) is 5. The van der Waals surface area contributed by atoms with Gasteiger partial charge in [-0.15, -0.1) is 0 Å². The van der Waals surface area contributed by atoms with Crippen LogP contribution in [0.3, 0.4) is 0 Å². The van der Waals surface area contributed by atoms with Gasteiger partial charge in [0.05, 0.1) is 10.5 Å². The Labute approximate surface area is 171 Å². The van der Waals surface area contributed by atoms with Crippen LogP contribution in [-0.4, -0.2) is 50.8 Å². The number of ether oxygens (including phenoxy) is 1. The summed E-state index contributed by atoms with van der Waals surface area (Å²) in [5.41, 5.74) is 1.17. The summed E-state index contributed by atoms with van der Waals surface area (Å²) in [4.78, 5) is 24.1. The Kier molecular flexibility index (Phi) is 8.35. The summed E-state index contributed by atoms with van der Waals surface area (Å²) in [6.45, 7) is 4.15. The molecule has 2 aromatic carbocycles. The van der Waals surface area contributed by atoms with Crippen LogP contribution >= 0.6 is 0 Å². The van der Waals surface area contributed by atoms with Gasteiger partial charge < -0.3 is 10.1 Å². The molecule has 0 radical (unpaired) electrons. The Hall–Kier alpha value is -2.71. The molecule has 0 aliphatic rings. The molecule has 0 unspecified atom stereocenters. The van der Waals surface area contributed by atoms with E-state index in [4.69, 9.17) is 4.74 Å². The first-order valence-electron chi connectivity index (χ1n) is 9.46. The largest absolute Gasteiger partial charge is 0.452 e. The number of rotatable bonds is 10. The number of carbonyl (C=O) groups is 2. The van der Waals surface area contributed by atoms with Crippen LogP contribution in [0.15, 0.2) is 59.5 Å². The van der Waals surface area contributed by atoms with Gasteiger partial charge in [0.25, 0.3) is 5.91 Å². The number of amides is 1. The number of esters is 1. The lowest BCUT2D eigenvalue weighted by Crippen LogP contribution is -2.31. The molecule has 29 heavy (non-hydrogen) atoms. The average molecular weight is 419 g/mol. The molecular formula is C21H26N2O5S. The number of hydrogen-bond donors (Lipinski definition) is 1. The van der Waals surface area contributed by atoms with Gasteiger partial charge in [-0.1, -0.05) is 50.2 Å². The number of sulfonamides is 1. The molecule has 0 aliphatic carbocycles. The molecule has 0 saturated carbocycles. The van der Waals surface area contributed by atoms with E-state index in [0.29, 0.717) is 26.1 Å². The molecule has 0 fully saturated rings. The van der Waals surface area contributed by atoms with Crippen LogP contribution in [0.5, 0.6) is 0 Å². The van der Waals surface area contributed by atoms with Gasteiger partial charge in [-0.2, -0.15) is 4.31 Å². The monoisotopic (exact) mass is 418 g/mol. The summed E-state index contributed by atoms with van der Waals surface area (Å²) in [7, 11) is -3.68. The van der Waals surface area contributed by atoms with Gasteiger partial charge in [-0.25, -0.2) is 13.2 Å². The second-order valence-corrected chi connectivity index (χ2v) is 8.22. The molecule has 0 saturated heterocycles. The Balaban J connectivity index is 1.90. The van der Waals surface area contributed by atoms with E-state index >= 15 is 0 Å². The smallest absolute Gasteiger partial charge is 0.338 e. The number of benzene rings is 2. The fourth-order valence-electron chi connectivity index (χ4n) is 2.75. The van der Waals surface area contributed by atoms with Crippen molar-refractivity contribution in [1.82, 2.24) is 9.62 Å². The maximum absolute atomic E-state index is 12.6. The molecule has 0 bridgehead atoms. The van der Waals surface area contributed by atoms with Crippen molar-refractivity contribution in [2.75, 3.05) is 26.2 Å². The van der Waals surface area contributed by atoms with E-state index in [-0.39, 0.29) is 10.5 Å². The first-order valence-corrected chi connectivity index (χ1v) is 10.9. The van der Waals surface area contributed by atoms with Crippen molar-refractivity contribution in [2.24, 2.45) is 0 Å². The maximum Gasteiger partial charge on any atom is 0.338 e. The predicted octanol–water partition coefficient (Wildman–Crippen LogP) is 2.23. The highest BCUT2D eigenvalue weighted by atomic mass is 32.2. The molecule has 0 aliphatic heterocycles. The lowest BCUT2D eigenvalue weighted by Gasteiger charge is -2.18. The first-order chi connectivity index (χ1) is 13.9. The number of nitrogens with one attached hydrogen (secondary N) is 1. The SMILES string of the molecule is CCN(CC)S(=O)(=O)c1cccc(C(=O)OCC(=O)NCCc2ccccc2)c1. The van der Waals surface area contributed by atoms with Gasteiger partial charge >= 0.3 is 5.97 Å². The molecule has 2 aromatic rings. The van der Waals surface area contributed by atoms with Crippen LogP contribution in [0, 0.1) is 0 Å². The van der Waals surface area contributed by atoms with Crippen molar-refractivity contribution in [2.45, 2.75) is 25.2 Å². The van der Waals surface area contributed by atoms with Crippen LogP contribution in [-0.2, 0) is 26.0 Å². The van der Waals surface area contributed by atoms with E-state index in [9.17, 15) is 18.0 Å². The lowest BCUT2D eigenvalue weighted by molar-refractivity contribution is -0.124.